The summed E-state index contributed by atoms with van der Waals surface area (Å²) in [6, 6.07) is 8.24. The Labute approximate surface area is 91.6 Å². The first-order valence-electron chi connectivity index (χ1n) is 4.34. The first-order valence-corrected chi connectivity index (χ1v) is 4.34. The van der Waals surface area contributed by atoms with Crippen molar-refractivity contribution in [2.75, 3.05) is 5.32 Å². The van der Waals surface area contributed by atoms with Crippen molar-refractivity contribution in [1.29, 1.82) is 5.26 Å². The topological polar surface area (TPSA) is 90.2 Å². The van der Waals surface area contributed by atoms with Gasteiger partial charge in [0.15, 0.2) is 0 Å². The number of carbonyl (C=O) groups excluding carboxylic acids is 1. The molecule has 5 nitrogen and oxygen atoms in total. The maximum Gasteiger partial charge on any atom is 0.328 e. The number of rotatable bonds is 3. The van der Waals surface area contributed by atoms with Crippen molar-refractivity contribution in [2.45, 2.75) is 0 Å². The molecule has 1 aromatic carbocycles. The minimum atomic E-state index is -1.19. The Morgan fingerprint density at radius 2 is 2.12 bits per heavy atom. The van der Waals surface area contributed by atoms with Gasteiger partial charge in [-0.25, -0.2) is 4.79 Å². The zero-order valence-corrected chi connectivity index (χ0v) is 8.18. The molecule has 2 N–H and O–H groups in total. The van der Waals surface area contributed by atoms with Crippen LogP contribution in [0.4, 0.5) is 5.69 Å². The fourth-order valence-corrected chi connectivity index (χ4v) is 0.997. The van der Waals surface area contributed by atoms with Crippen LogP contribution in [0.15, 0.2) is 36.4 Å². The van der Waals surface area contributed by atoms with E-state index in [1.807, 2.05) is 6.07 Å². The number of amides is 1. The largest absolute Gasteiger partial charge is 0.478 e. The van der Waals surface area contributed by atoms with Crippen LogP contribution in [0.2, 0.25) is 0 Å². The van der Waals surface area contributed by atoms with Crippen molar-refractivity contribution in [2.24, 2.45) is 0 Å². The number of nitrogens with zero attached hydrogens (tertiary/aromatic N) is 1. The monoisotopic (exact) mass is 216 g/mol. The Hall–Kier alpha value is -2.61. The van der Waals surface area contributed by atoms with Gasteiger partial charge in [-0.1, -0.05) is 6.07 Å². The fraction of sp³-hybridized carbons (Fsp3) is 0. The van der Waals surface area contributed by atoms with Gasteiger partial charge in [-0.15, -0.1) is 0 Å². The van der Waals surface area contributed by atoms with Gasteiger partial charge in [0.2, 0.25) is 5.91 Å². The molecule has 1 amide bonds. The quantitative estimate of drug-likeness (QED) is 0.741. The number of carboxylic acids is 1. The van der Waals surface area contributed by atoms with Gasteiger partial charge in [-0.05, 0) is 18.2 Å². The van der Waals surface area contributed by atoms with Crippen LogP contribution in [0.5, 0.6) is 0 Å². The van der Waals surface area contributed by atoms with Crippen LogP contribution in [0.3, 0.4) is 0 Å². The third-order valence-electron chi connectivity index (χ3n) is 1.64. The summed E-state index contributed by atoms with van der Waals surface area (Å²) in [6.07, 6.45) is 1.64. The number of carboxylic acid groups (broad SMARTS) is 1. The van der Waals surface area contributed by atoms with Gasteiger partial charge < -0.3 is 10.4 Å². The minimum Gasteiger partial charge on any atom is -0.478 e. The maximum atomic E-state index is 11.2. The smallest absolute Gasteiger partial charge is 0.328 e. The number of carbonyl (C=O) groups is 2. The lowest BCUT2D eigenvalue weighted by Gasteiger charge is -2.01. The molecule has 80 valence electrons. The van der Waals surface area contributed by atoms with Crippen LogP contribution in [-0.4, -0.2) is 17.0 Å². The zero-order chi connectivity index (χ0) is 12.0. The van der Waals surface area contributed by atoms with Crippen LogP contribution in [0.1, 0.15) is 5.56 Å². The summed E-state index contributed by atoms with van der Waals surface area (Å²) in [6.45, 7) is 0. The van der Waals surface area contributed by atoms with Crippen LogP contribution in [-0.2, 0) is 9.59 Å². The van der Waals surface area contributed by atoms with Crippen LogP contribution in [0.25, 0.3) is 0 Å². The van der Waals surface area contributed by atoms with Crippen molar-refractivity contribution < 1.29 is 14.7 Å². The number of anilines is 1. The van der Waals surface area contributed by atoms with E-state index < -0.39 is 11.9 Å². The second-order valence-corrected chi connectivity index (χ2v) is 2.85. The second kappa shape index (κ2) is 5.32. The molecule has 5 heteroatoms. The second-order valence-electron chi connectivity index (χ2n) is 2.85. The Morgan fingerprint density at radius 1 is 1.38 bits per heavy atom. The molecule has 0 aliphatic heterocycles. The summed E-state index contributed by atoms with van der Waals surface area (Å²) in [5, 5.41) is 19.4. The Kier molecular flexibility index (Phi) is 3.81. The molecule has 0 atom stereocenters. The normalized spacial score (nSPS) is 9.69. The molecular weight excluding hydrogens is 208 g/mol. The number of nitrogens with one attached hydrogen (secondary N) is 1. The third kappa shape index (κ3) is 3.64. The highest BCUT2D eigenvalue weighted by Crippen LogP contribution is 2.09. The van der Waals surface area contributed by atoms with E-state index in [1.54, 1.807) is 18.2 Å². The van der Waals surface area contributed by atoms with E-state index in [-0.39, 0.29) is 0 Å². The Bertz CT molecular complexity index is 486. The van der Waals surface area contributed by atoms with Crippen LogP contribution < -0.4 is 5.32 Å². The summed E-state index contributed by atoms with van der Waals surface area (Å²) in [4.78, 5) is 21.3. The van der Waals surface area contributed by atoms with E-state index in [0.717, 1.165) is 12.2 Å². The Morgan fingerprint density at radius 3 is 2.75 bits per heavy atom. The standard InChI is InChI=1S/C11H8N2O3/c12-7-8-2-1-3-9(6-8)13-10(14)4-5-11(15)16/h1-6H,(H,13,14)(H,15,16)/b5-4-. The molecule has 0 saturated heterocycles. The average Bonchev–Trinajstić information content (AvgIpc) is 2.26. The van der Waals surface area contributed by atoms with E-state index >= 15 is 0 Å². The van der Waals surface area contributed by atoms with Gasteiger partial charge in [-0.3, -0.25) is 4.79 Å². The summed E-state index contributed by atoms with van der Waals surface area (Å²) in [5.41, 5.74) is 0.860. The number of hydrogen-bond acceptors (Lipinski definition) is 3. The third-order valence-corrected chi connectivity index (χ3v) is 1.64. The van der Waals surface area contributed by atoms with Gasteiger partial charge in [0.1, 0.15) is 0 Å². The maximum absolute atomic E-state index is 11.2. The SMILES string of the molecule is N#Cc1cccc(NC(=O)/C=C\C(=O)O)c1. The van der Waals surface area contributed by atoms with Gasteiger partial charge >= 0.3 is 5.97 Å². The molecule has 0 aromatic heterocycles. The molecule has 0 heterocycles. The zero-order valence-electron chi connectivity index (χ0n) is 8.18. The van der Waals surface area contributed by atoms with Gasteiger partial charge in [0.25, 0.3) is 0 Å². The predicted octanol–water partition coefficient (Wildman–Crippen LogP) is 1.14. The highest BCUT2D eigenvalue weighted by Gasteiger charge is 1.99. The molecule has 16 heavy (non-hydrogen) atoms. The molecule has 0 aliphatic carbocycles. The molecule has 0 saturated carbocycles. The molecule has 0 fully saturated rings. The van der Waals surface area contributed by atoms with Gasteiger partial charge in [0, 0.05) is 17.8 Å². The summed E-state index contributed by atoms with van der Waals surface area (Å²) < 4.78 is 0. The fourth-order valence-electron chi connectivity index (χ4n) is 0.997. The van der Waals surface area contributed by atoms with Crippen molar-refractivity contribution >= 4 is 17.6 Å². The van der Waals surface area contributed by atoms with E-state index in [9.17, 15) is 9.59 Å². The van der Waals surface area contributed by atoms with E-state index in [1.165, 1.54) is 6.07 Å². The predicted molar refractivity (Wildman–Crippen MR) is 56.6 cm³/mol. The van der Waals surface area contributed by atoms with Crippen molar-refractivity contribution in [3.05, 3.63) is 42.0 Å². The lowest BCUT2D eigenvalue weighted by molar-refractivity contribution is -0.131. The molecule has 1 rings (SSSR count). The van der Waals surface area contributed by atoms with Gasteiger partial charge in [0.05, 0.1) is 11.6 Å². The first-order chi connectivity index (χ1) is 7.61. The summed E-state index contributed by atoms with van der Waals surface area (Å²) in [5.74, 6) is -1.75. The molecule has 0 bridgehead atoms. The molecule has 0 spiro atoms. The number of benzene rings is 1. The minimum absolute atomic E-state index is 0.417. The van der Waals surface area contributed by atoms with Crippen molar-refractivity contribution in [3.63, 3.8) is 0 Å². The summed E-state index contributed by atoms with van der Waals surface area (Å²) >= 11 is 0. The molecule has 0 radical (unpaired) electrons. The average molecular weight is 216 g/mol. The summed E-state index contributed by atoms with van der Waals surface area (Å²) in [7, 11) is 0. The van der Waals surface area contributed by atoms with Crippen LogP contribution >= 0.6 is 0 Å². The van der Waals surface area contributed by atoms with E-state index in [0.29, 0.717) is 11.3 Å². The highest BCUT2D eigenvalue weighted by molar-refractivity contribution is 6.02. The number of nitriles is 1. The van der Waals surface area contributed by atoms with Crippen molar-refractivity contribution in [3.8, 4) is 6.07 Å². The lowest BCUT2D eigenvalue weighted by Crippen LogP contribution is -2.08. The first kappa shape index (κ1) is 11.5. The molecule has 0 unspecified atom stereocenters. The molecule has 1 aromatic rings. The Balaban J connectivity index is 2.70. The van der Waals surface area contributed by atoms with E-state index in [4.69, 9.17) is 10.4 Å². The molecule has 0 aliphatic rings. The number of aliphatic carboxylic acids is 1. The highest BCUT2D eigenvalue weighted by atomic mass is 16.4. The van der Waals surface area contributed by atoms with E-state index in [2.05, 4.69) is 5.32 Å². The lowest BCUT2D eigenvalue weighted by atomic mass is 10.2. The van der Waals surface area contributed by atoms with Gasteiger partial charge in [-0.2, -0.15) is 5.26 Å². The van der Waals surface area contributed by atoms with Crippen molar-refractivity contribution in [1.82, 2.24) is 0 Å². The number of hydrogen-bond donors (Lipinski definition) is 2. The molecular formula is C11H8N2O3. The van der Waals surface area contributed by atoms with Crippen LogP contribution in [0, 0.1) is 11.3 Å².